The van der Waals surface area contributed by atoms with E-state index in [1.54, 1.807) is 0 Å². The molecule has 1 nitrogen and oxygen atoms in total. The average molecular weight is 284 g/mol. The molecule has 1 aromatic heterocycles. The molecule has 2 aromatic rings. The Morgan fingerprint density at radius 3 is 2.50 bits per heavy atom. The lowest BCUT2D eigenvalue weighted by Gasteiger charge is -2.00. The molecular weight excluding hydrogens is 266 g/mol. The smallest absolute Gasteiger partial charge is 0.0702 e. The van der Waals surface area contributed by atoms with Crippen LogP contribution in [-0.2, 0) is 0 Å². The fourth-order valence-electron chi connectivity index (χ4n) is 1.89. The maximum Gasteiger partial charge on any atom is 0.0702 e. The minimum absolute atomic E-state index is 0.739. The van der Waals surface area contributed by atoms with E-state index in [1.165, 1.54) is 19.3 Å². The summed E-state index contributed by atoms with van der Waals surface area (Å²) in [6.07, 6.45) is 6.46. The zero-order valence-corrected chi connectivity index (χ0v) is 12.5. The van der Waals surface area contributed by atoms with E-state index < -0.39 is 0 Å². The largest absolute Gasteiger partial charge is 0.255 e. The molecule has 20 heavy (non-hydrogen) atoms. The first-order valence-electron chi connectivity index (χ1n) is 7.00. The minimum atomic E-state index is 0.739. The number of benzene rings is 1. The summed E-state index contributed by atoms with van der Waals surface area (Å²) >= 11 is 5.88. The Kier molecular flexibility index (Phi) is 5.65. The van der Waals surface area contributed by atoms with E-state index in [4.69, 9.17) is 11.6 Å². The van der Waals surface area contributed by atoms with Crippen molar-refractivity contribution in [2.45, 2.75) is 32.6 Å². The van der Waals surface area contributed by atoms with Crippen LogP contribution in [0.2, 0.25) is 5.02 Å². The van der Waals surface area contributed by atoms with Gasteiger partial charge in [-0.25, -0.2) is 0 Å². The highest BCUT2D eigenvalue weighted by Gasteiger charge is 1.98. The topological polar surface area (TPSA) is 12.9 Å². The Morgan fingerprint density at radius 2 is 1.85 bits per heavy atom. The van der Waals surface area contributed by atoms with Crippen LogP contribution < -0.4 is 0 Å². The normalized spacial score (nSPS) is 9.90. The molecule has 0 spiro atoms. The predicted octanol–water partition coefficient (Wildman–Crippen LogP) is 5.33. The van der Waals surface area contributed by atoms with E-state index in [0.29, 0.717) is 0 Å². The van der Waals surface area contributed by atoms with Gasteiger partial charge in [-0.15, -0.1) is 0 Å². The SMILES string of the molecule is CCCCCC#Cc1ccc(-c2ccc(Cl)cc2)nc1. The number of halogens is 1. The molecule has 0 atom stereocenters. The van der Waals surface area contributed by atoms with Crippen molar-refractivity contribution in [1.82, 2.24) is 4.98 Å². The maximum atomic E-state index is 5.88. The molecule has 0 unspecified atom stereocenters. The van der Waals surface area contributed by atoms with E-state index in [-0.39, 0.29) is 0 Å². The van der Waals surface area contributed by atoms with Crippen LogP contribution in [0.15, 0.2) is 42.6 Å². The van der Waals surface area contributed by atoms with E-state index >= 15 is 0 Å². The molecule has 1 aromatic carbocycles. The van der Waals surface area contributed by atoms with Gasteiger partial charge in [0.1, 0.15) is 0 Å². The Hall–Kier alpha value is -1.78. The third-order valence-electron chi connectivity index (χ3n) is 3.04. The van der Waals surface area contributed by atoms with Crippen LogP contribution in [0.3, 0.4) is 0 Å². The second-order valence-corrected chi connectivity index (χ2v) is 5.13. The van der Waals surface area contributed by atoms with Gasteiger partial charge in [0.25, 0.3) is 0 Å². The average Bonchev–Trinajstić information content (AvgIpc) is 2.49. The highest BCUT2D eigenvalue weighted by atomic mass is 35.5. The van der Waals surface area contributed by atoms with Gasteiger partial charge in [0.05, 0.1) is 5.69 Å². The molecular formula is C18H18ClN. The highest BCUT2D eigenvalue weighted by Crippen LogP contribution is 2.19. The van der Waals surface area contributed by atoms with Gasteiger partial charge in [0.2, 0.25) is 0 Å². The standard InChI is InChI=1S/C18H18ClN/c1-2-3-4-5-6-7-15-8-13-18(20-14-15)16-9-11-17(19)12-10-16/h8-14H,2-5H2,1H3. The van der Waals surface area contributed by atoms with Crippen LogP contribution in [0.1, 0.15) is 38.2 Å². The van der Waals surface area contributed by atoms with Crippen LogP contribution in [0.25, 0.3) is 11.3 Å². The van der Waals surface area contributed by atoms with Gasteiger partial charge in [0, 0.05) is 28.8 Å². The monoisotopic (exact) mass is 283 g/mol. The van der Waals surface area contributed by atoms with E-state index in [2.05, 4.69) is 23.7 Å². The van der Waals surface area contributed by atoms with Crippen molar-refractivity contribution in [2.75, 3.05) is 0 Å². The Morgan fingerprint density at radius 1 is 1.05 bits per heavy atom. The fourth-order valence-corrected chi connectivity index (χ4v) is 2.01. The predicted molar refractivity (Wildman–Crippen MR) is 85.7 cm³/mol. The number of hydrogen-bond donors (Lipinski definition) is 0. The molecule has 0 saturated carbocycles. The summed E-state index contributed by atoms with van der Waals surface area (Å²) in [7, 11) is 0. The number of pyridine rings is 1. The zero-order chi connectivity index (χ0) is 14.2. The van der Waals surface area contributed by atoms with Gasteiger partial charge in [0.15, 0.2) is 0 Å². The van der Waals surface area contributed by atoms with Gasteiger partial charge in [-0.3, -0.25) is 4.98 Å². The molecule has 0 aliphatic carbocycles. The van der Waals surface area contributed by atoms with Crippen molar-refractivity contribution >= 4 is 11.6 Å². The van der Waals surface area contributed by atoms with Gasteiger partial charge < -0.3 is 0 Å². The van der Waals surface area contributed by atoms with E-state index in [0.717, 1.165) is 28.3 Å². The summed E-state index contributed by atoms with van der Waals surface area (Å²) in [5.74, 6) is 6.35. The van der Waals surface area contributed by atoms with Crippen molar-refractivity contribution in [1.29, 1.82) is 0 Å². The lowest BCUT2D eigenvalue weighted by molar-refractivity contribution is 0.737. The third kappa shape index (κ3) is 4.40. The number of rotatable bonds is 4. The third-order valence-corrected chi connectivity index (χ3v) is 3.29. The fraction of sp³-hybridized carbons (Fsp3) is 0.278. The van der Waals surface area contributed by atoms with Crippen molar-refractivity contribution in [3.05, 3.63) is 53.2 Å². The lowest BCUT2D eigenvalue weighted by Crippen LogP contribution is -1.84. The molecule has 0 aliphatic heterocycles. The van der Waals surface area contributed by atoms with Gasteiger partial charge in [-0.05, 0) is 30.7 Å². The summed E-state index contributed by atoms with van der Waals surface area (Å²) in [6.45, 7) is 2.20. The molecule has 1 heterocycles. The Balaban J connectivity index is 2.01. The quantitative estimate of drug-likeness (QED) is 0.546. The summed E-state index contributed by atoms with van der Waals surface area (Å²) < 4.78 is 0. The first-order valence-corrected chi connectivity index (χ1v) is 7.38. The molecule has 2 rings (SSSR count). The Bertz CT molecular complexity index is 588. The van der Waals surface area contributed by atoms with Gasteiger partial charge >= 0.3 is 0 Å². The molecule has 0 bridgehead atoms. The van der Waals surface area contributed by atoms with Crippen LogP contribution in [0.4, 0.5) is 0 Å². The van der Waals surface area contributed by atoms with Crippen molar-refractivity contribution in [3.63, 3.8) is 0 Å². The summed E-state index contributed by atoms with van der Waals surface area (Å²) in [5.41, 5.74) is 2.98. The summed E-state index contributed by atoms with van der Waals surface area (Å²) in [6, 6.07) is 11.7. The van der Waals surface area contributed by atoms with Crippen LogP contribution in [-0.4, -0.2) is 4.98 Å². The highest BCUT2D eigenvalue weighted by molar-refractivity contribution is 6.30. The Labute approximate surface area is 126 Å². The molecule has 102 valence electrons. The lowest BCUT2D eigenvalue weighted by atomic mass is 10.1. The van der Waals surface area contributed by atoms with Gasteiger partial charge in [-0.2, -0.15) is 0 Å². The summed E-state index contributed by atoms with van der Waals surface area (Å²) in [4.78, 5) is 4.45. The van der Waals surface area contributed by atoms with Crippen molar-refractivity contribution in [3.8, 4) is 23.1 Å². The number of unbranched alkanes of at least 4 members (excludes halogenated alkanes) is 3. The second kappa shape index (κ2) is 7.72. The molecule has 0 N–H and O–H groups in total. The second-order valence-electron chi connectivity index (χ2n) is 4.70. The molecule has 0 saturated heterocycles. The van der Waals surface area contributed by atoms with Crippen LogP contribution in [0.5, 0.6) is 0 Å². The zero-order valence-electron chi connectivity index (χ0n) is 11.7. The van der Waals surface area contributed by atoms with Gasteiger partial charge in [-0.1, -0.05) is 55.3 Å². The maximum absolute atomic E-state index is 5.88. The molecule has 0 amide bonds. The van der Waals surface area contributed by atoms with Crippen LogP contribution >= 0.6 is 11.6 Å². The minimum Gasteiger partial charge on any atom is -0.255 e. The first-order chi connectivity index (χ1) is 9.79. The van der Waals surface area contributed by atoms with Crippen LogP contribution in [0, 0.1) is 11.8 Å². The number of hydrogen-bond acceptors (Lipinski definition) is 1. The summed E-state index contributed by atoms with van der Waals surface area (Å²) in [5, 5.41) is 0.739. The molecule has 0 radical (unpaired) electrons. The van der Waals surface area contributed by atoms with E-state index in [9.17, 15) is 0 Å². The first kappa shape index (κ1) is 14.6. The van der Waals surface area contributed by atoms with Crippen molar-refractivity contribution < 1.29 is 0 Å². The molecule has 0 fully saturated rings. The van der Waals surface area contributed by atoms with Crippen molar-refractivity contribution in [2.24, 2.45) is 0 Å². The molecule has 0 aliphatic rings. The number of aromatic nitrogens is 1. The number of nitrogens with zero attached hydrogens (tertiary/aromatic N) is 1. The van der Waals surface area contributed by atoms with E-state index in [1.807, 2.05) is 42.6 Å². The molecule has 2 heteroatoms.